The highest BCUT2D eigenvalue weighted by molar-refractivity contribution is 8.00. The quantitative estimate of drug-likeness (QED) is 0.643. The predicted octanol–water partition coefficient (Wildman–Crippen LogP) is 4.26. The van der Waals surface area contributed by atoms with Crippen LogP contribution in [-0.4, -0.2) is 38.3 Å². The lowest BCUT2D eigenvalue weighted by molar-refractivity contribution is -0.129. The van der Waals surface area contributed by atoms with Crippen LogP contribution in [0.25, 0.3) is 11.4 Å². The number of aromatic nitrogens is 3. The fourth-order valence-electron chi connectivity index (χ4n) is 2.49. The maximum atomic E-state index is 12.6. The number of hydrogen-bond acceptors (Lipinski definition) is 4. The molecule has 0 saturated carbocycles. The van der Waals surface area contributed by atoms with Gasteiger partial charge in [0.2, 0.25) is 11.1 Å². The van der Waals surface area contributed by atoms with Crippen molar-refractivity contribution in [1.82, 2.24) is 20.1 Å². The molecule has 1 amide bonds. The van der Waals surface area contributed by atoms with E-state index in [2.05, 4.69) is 15.2 Å². The van der Waals surface area contributed by atoms with Gasteiger partial charge in [0.05, 0.1) is 5.25 Å². The van der Waals surface area contributed by atoms with E-state index in [4.69, 9.17) is 11.6 Å². The van der Waals surface area contributed by atoms with Crippen molar-refractivity contribution in [2.24, 2.45) is 0 Å². The van der Waals surface area contributed by atoms with E-state index in [9.17, 15) is 4.79 Å². The van der Waals surface area contributed by atoms with Crippen LogP contribution in [0.2, 0.25) is 5.02 Å². The Morgan fingerprint density at radius 2 is 1.88 bits per heavy atom. The zero-order valence-electron chi connectivity index (χ0n) is 14.5. The van der Waals surface area contributed by atoms with E-state index in [1.807, 2.05) is 56.4 Å². The molecule has 0 bridgehead atoms. The van der Waals surface area contributed by atoms with Crippen LogP contribution in [0.15, 0.2) is 59.8 Å². The number of nitrogens with zero attached hydrogens (tertiary/aromatic N) is 3. The summed E-state index contributed by atoms with van der Waals surface area (Å²) in [4.78, 5) is 18.8. The standard InChI is InChI=1S/C19H19ClN4OS/c1-13(18(25)24(2)12-14-6-4-3-5-7-14)26-19-21-17(22-23-19)15-8-10-16(20)11-9-15/h3-11,13H,12H2,1-2H3,(H,21,22,23). The second-order valence-electron chi connectivity index (χ2n) is 5.91. The maximum absolute atomic E-state index is 12.6. The van der Waals surface area contributed by atoms with Crippen LogP contribution in [0.1, 0.15) is 12.5 Å². The maximum Gasteiger partial charge on any atom is 0.235 e. The summed E-state index contributed by atoms with van der Waals surface area (Å²) < 4.78 is 0. The number of hydrogen-bond donors (Lipinski definition) is 1. The number of aromatic amines is 1. The molecule has 26 heavy (non-hydrogen) atoms. The highest BCUT2D eigenvalue weighted by Crippen LogP contribution is 2.24. The first-order chi connectivity index (χ1) is 12.5. The predicted molar refractivity (Wildman–Crippen MR) is 105 cm³/mol. The third-order valence-electron chi connectivity index (χ3n) is 3.85. The Kier molecular flexibility index (Phi) is 5.96. The Labute approximate surface area is 161 Å². The molecule has 0 saturated heterocycles. The van der Waals surface area contributed by atoms with Crippen LogP contribution in [-0.2, 0) is 11.3 Å². The molecule has 1 unspecified atom stereocenters. The van der Waals surface area contributed by atoms with Gasteiger partial charge in [-0.2, -0.15) is 0 Å². The van der Waals surface area contributed by atoms with Gasteiger partial charge in [-0.1, -0.05) is 53.7 Å². The lowest BCUT2D eigenvalue weighted by Gasteiger charge is -2.20. The molecule has 2 aromatic carbocycles. The molecule has 3 aromatic rings. The van der Waals surface area contributed by atoms with Gasteiger partial charge < -0.3 is 4.90 Å². The van der Waals surface area contributed by atoms with Gasteiger partial charge in [0.1, 0.15) is 0 Å². The van der Waals surface area contributed by atoms with Crippen molar-refractivity contribution in [2.45, 2.75) is 23.9 Å². The van der Waals surface area contributed by atoms with E-state index in [0.29, 0.717) is 22.5 Å². The molecule has 1 atom stereocenters. The summed E-state index contributed by atoms with van der Waals surface area (Å²) in [6.45, 7) is 2.45. The smallest absolute Gasteiger partial charge is 0.235 e. The van der Waals surface area contributed by atoms with E-state index >= 15 is 0 Å². The normalized spacial score (nSPS) is 12.0. The molecule has 0 fully saturated rings. The summed E-state index contributed by atoms with van der Waals surface area (Å²) >= 11 is 7.24. The number of rotatable bonds is 6. The van der Waals surface area contributed by atoms with Gasteiger partial charge in [-0.25, -0.2) is 4.98 Å². The third-order valence-corrected chi connectivity index (χ3v) is 5.05. The van der Waals surface area contributed by atoms with Crippen LogP contribution >= 0.6 is 23.4 Å². The van der Waals surface area contributed by atoms with E-state index in [0.717, 1.165) is 11.1 Å². The lowest BCUT2D eigenvalue weighted by Crippen LogP contribution is -2.32. The van der Waals surface area contributed by atoms with E-state index in [-0.39, 0.29) is 11.2 Å². The van der Waals surface area contributed by atoms with Crippen LogP contribution in [0.5, 0.6) is 0 Å². The Balaban J connectivity index is 1.61. The number of benzene rings is 2. The average Bonchev–Trinajstić information content (AvgIpc) is 3.11. The van der Waals surface area contributed by atoms with Gasteiger partial charge in [-0.05, 0) is 36.8 Å². The number of amides is 1. The molecular formula is C19H19ClN4OS. The minimum absolute atomic E-state index is 0.0386. The van der Waals surface area contributed by atoms with Crippen molar-refractivity contribution >= 4 is 29.3 Å². The summed E-state index contributed by atoms with van der Waals surface area (Å²) in [5.41, 5.74) is 2.00. The summed E-state index contributed by atoms with van der Waals surface area (Å²) in [5, 5.41) is 8.04. The largest absolute Gasteiger partial charge is 0.340 e. The van der Waals surface area contributed by atoms with E-state index < -0.39 is 0 Å². The Bertz CT molecular complexity index is 867. The van der Waals surface area contributed by atoms with Gasteiger partial charge in [0, 0.05) is 24.2 Å². The molecule has 1 aromatic heterocycles. The third kappa shape index (κ3) is 4.65. The van der Waals surface area contributed by atoms with Gasteiger partial charge >= 0.3 is 0 Å². The fraction of sp³-hybridized carbons (Fsp3) is 0.211. The zero-order valence-corrected chi connectivity index (χ0v) is 16.1. The number of thioether (sulfide) groups is 1. The monoisotopic (exact) mass is 386 g/mol. The van der Waals surface area contributed by atoms with E-state index in [1.165, 1.54) is 11.8 Å². The van der Waals surface area contributed by atoms with Crippen LogP contribution in [0.4, 0.5) is 0 Å². The molecule has 0 aliphatic carbocycles. The number of nitrogens with one attached hydrogen (secondary N) is 1. The fourth-order valence-corrected chi connectivity index (χ4v) is 3.46. The zero-order chi connectivity index (χ0) is 18.5. The number of carbonyl (C=O) groups excluding carboxylic acids is 1. The first-order valence-corrected chi connectivity index (χ1v) is 9.42. The lowest BCUT2D eigenvalue weighted by atomic mass is 10.2. The molecule has 0 spiro atoms. The van der Waals surface area contributed by atoms with Crippen LogP contribution in [0.3, 0.4) is 0 Å². The number of halogens is 1. The molecule has 134 valence electrons. The minimum Gasteiger partial charge on any atom is -0.340 e. The molecule has 0 aliphatic rings. The Hall–Kier alpha value is -2.31. The molecule has 1 N–H and O–H groups in total. The summed E-state index contributed by atoms with van der Waals surface area (Å²) in [6.07, 6.45) is 0. The van der Waals surface area contributed by atoms with Crippen LogP contribution in [0, 0.1) is 0 Å². The second kappa shape index (κ2) is 8.38. The summed E-state index contributed by atoms with van der Waals surface area (Å²) in [6, 6.07) is 17.3. The van der Waals surface area contributed by atoms with Crippen molar-refractivity contribution in [2.75, 3.05) is 7.05 Å². The van der Waals surface area contributed by atoms with Crippen molar-refractivity contribution < 1.29 is 4.79 Å². The molecular weight excluding hydrogens is 368 g/mol. The summed E-state index contributed by atoms with van der Waals surface area (Å²) in [5.74, 6) is 0.693. The van der Waals surface area contributed by atoms with Gasteiger partial charge in [-0.15, -0.1) is 5.10 Å². The molecule has 3 rings (SSSR count). The highest BCUT2D eigenvalue weighted by atomic mass is 35.5. The van der Waals surface area contributed by atoms with Crippen LogP contribution < -0.4 is 0 Å². The van der Waals surface area contributed by atoms with Crippen molar-refractivity contribution in [3.8, 4) is 11.4 Å². The van der Waals surface area contributed by atoms with Crippen molar-refractivity contribution in [3.05, 3.63) is 65.2 Å². The molecule has 7 heteroatoms. The Morgan fingerprint density at radius 1 is 1.19 bits per heavy atom. The van der Waals surface area contributed by atoms with E-state index in [1.54, 1.807) is 17.0 Å². The SMILES string of the molecule is CC(Sc1n[nH]c(-c2ccc(Cl)cc2)n1)C(=O)N(C)Cc1ccccc1. The molecule has 0 radical (unpaired) electrons. The van der Waals surface area contributed by atoms with Gasteiger partial charge in [0.15, 0.2) is 5.82 Å². The highest BCUT2D eigenvalue weighted by Gasteiger charge is 2.21. The van der Waals surface area contributed by atoms with Crippen molar-refractivity contribution in [3.63, 3.8) is 0 Å². The topological polar surface area (TPSA) is 61.9 Å². The van der Waals surface area contributed by atoms with Gasteiger partial charge in [0.25, 0.3) is 0 Å². The first kappa shape index (κ1) is 18.5. The first-order valence-electron chi connectivity index (χ1n) is 8.17. The molecule has 1 heterocycles. The number of carbonyl (C=O) groups is 1. The van der Waals surface area contributed by atoms with Crippen molar-refractivity contribution in [1.29, 1.82) is 0 Å². The van der Waals surface area contributed by atoms with Gasteiger partial charge in [-0.3, -0.25) is 9.89 Å². The Morgan fingerprint density at radius 3 is 2.58 bits per heavy atom. The summed E-state index contributed by atoms with van der Waals surface area (Å²) in [7, 11) is 1.81. The molecule has 0 aliphatic heterocycles. The second-order valence-corrected chi connectivity index (χ2v) is 7.66. The molecule has 5 nitrogen and oxygen atoms in total. The minimum atomic E-state index is -0.280. The number of H-pyrrole nitrogens is 1. The average molecular weight is 387 g/mol.